The van der Waals surface area contributed by atoms with Crippen LogP contribution in [0.1, 0.15) is 10.4 Å². The van der Waals surface area contributed by atoms with E-state index in [1.807, 2.05) is 36.7 Å². The Morgan fingerprint density at radius 3 is 2.88 bits per heavy atom. The van der Waals surface area contributed by atoms with Crippen LogP contribution < -0.4 is 15.5 Å². The van der Waals surface area contributed by atoms with Gasteiger partial charge in [0.25, 0.3) is 5.91 Å². The van der Waals surface area contributed by atoms with Crippen LogP contribution in [0.3, 0.4) is 0 Å². The van der Waals surface area contributed by atoms with E-state index in [1.54, 1.807) is 23.0 Å². The van der Waals surface area contributed by atoms with Crippen molar-refractivity contribution in [3.63, 3.8) is 0 Å². The van der Waals surface area contributed by atoms with Crippen LogP contribution in [0.5, 0.6) is 0 Å². The highest BCUT2D eigenvalue weighted by Crippen LogP contribution is 2.29. The van der Waals surface area contributed by atoms with Crippen LogP contribution in [0.25, 0.3) is 27.8 Å². The monoisotopic (exact) mass is 439 g/mol. The minimum absolute atomic E-state index is 0.198. The lowest BCUT2D eigenvalue weighted by Crippen LogP contribution is -2.43. The number of hydrogen-bond donors (Lipinski definition) is 3. The van der Waals surface area contributed by atoms with Crippen molar-refractivity contribution in [3.8, 4) is 11.1 Å². The van der Waals surface area contributed by atoms with Gasteiger partial charge in [-0.15, -0.1) is 0 Å². The van der Waals surface area contributed by atoms with Crippen molar-refractivity contribution in [3.05, 3.63) is 67.0 Å². The summed E-state index contributed by atoms with van der Waals surface area (Å²) in [5.74, 6) is 0.616. The molecular formula is C23H21N9O. The standard InChI is InChI=1S/C23H21N9O/c33-23(15-3-4-25-21(9-15)31-7-5-24-6-8-31)30-17-10-18-19(12-27-22(18)26-11-17)16-1-2-20-28-14-29-32(20)13-16/h1-4,9-14,24H,5-8H2,(H,26,27)(H,30,33). The first kappa shape index (κ1) is 19.4. The molecule has 1 fully saturated rings. The van der Waals surface area contributed by atoms with Crippen LogP contribution in [0.4, 0.5) is 11.5 Å². The lowest BCUT2D eigenvalue weighted by Gasteiger charge is -2.28. The minimum atomic E-state index is -0.198. The Bertz CT molecular complexity index is 1470. The van der Waals surface area contributed by atoms with Crippen molar-refractivity contribution < 1.29 is 4.79 Å². The molecule has 10 nitrogen and oxygen atoms in total. The van der Waals surface area contributed by atoms with Crippen LogP contribution in [-0.4, -0.2) is 61.6 Å². The second-order valence-electron chi connectivity index (χ2n) is 7.90. The van der Waals surface area contributed by atoms with Crippen molar-refractivity contribution >= 4 is 34.1 Å². The second-order valence-corrected chi connectivity index (χ2v) is 7.90. The summed E-state index contributed by atoms with van der Waals surface area (Å²) in [5.41, 5.74) is 4.64. The molecule has 5 aromatic heterocycles. The third-order valence-corrected chi connectivity index (χ3v) is 5.82. The summed E-state index contributed by atoms with van der Waals surface area (Å²) in [7, 11) is 0. The van der Waals surface area contributed by atoms with E-state index in [9.17, 15) is 4.79 Å². The molecular weight excluding hydrogens is 418 g/mol. The van der Waals surface area contributed by atoms with Crippen LogP contribution in [0.15, 0.2) is 61.4 Å². The predicted molar refractivity (Wildman–Crippen MR) is 125 cm³/mol. The molecule has 10 heteroatoms. The van der Waals surface area contributed by atoms with Crippen LogP contribution in [0, 0.1) is 0 Å². The number of carbonyl (C=O) groups is 1. The number of anilines is 2. The van der Waals surface area contributed by atoms with Gasteiger partial charge in [0, 0.05) is 66.8 Å². The van der Waals surface area contributed by atoms with Gasteiger partial charge in [-0.25, -0.2) is 19.5 Å². The third kappa shape index (κ3) is 3.66. The number of fused-ring (bicyclic) bond motifs is 2. The Kier molecular flexibility index (Phi) is 4.69. The molecule has 1 amide bonds. The van der Waals surface area contributed by atoms with E-state index in [0.717, 1.165) is 59.8 Å². The molecule has 33 heavy (non-hydrogen) atoms. The Balaban J connectivity index is 1.28. The number of rotatable bonds is 4. The fraction of sp³-hybridized carbons (Fsp3) is 0.174. The highest BCUT2D eigenvalue weighted by molar-refractivity contribution is 6.06. The first-order valence-electron chi connectivity index (χ1n) is 10.7. The maximum atomic E-state index is 13.0. The molecule has 0 atom stereocenters. The summed E-state index contributed by atoms with van der Waals surface area (Å²) in [6.07, 6.45) is 8.68. The zero-order chi connectivity index (χ0) is 22.2. The van der Waals surface area contributed by atoms with Crippen molar-refractivity contribution in [2.45, 2.75) is 0 Å². The number of aromatic amines is 1. The first-order valence-corrected chi connectivity index (χ1v) is 10.7. The predicted octanol–water partition coefficient (Wildman–Crippen LogP) is 2.33. The molecule has 6 heterocycles. The maximum Gasteiger partial charge on any atom is 0.255 e. The molecule has 0 saturated carbocycles. The molecule has 1 saturated heterocycles. The molecule has 0 bridgehead atoms. The number of aromatic nitrogens is 6. The van der Waals surface area contributed by atoms with Crippen LogP contribution in [-0.2, 0) is 0 Å². The summed E-state index contributed by atoms with van der Waals surface area (Å²) in [6, 6.07) is 9.39. The largest absolute Gasteiger partial charge is 0.354 e. The fourth-order valence-corrected chi connectivity index (χ4v) is 4.12. The Labute approximate surface area is 188 Å². The number of H-pyrrole nitrogens is 1. The van der Waals surface area contributed by atoms with E-state index < -0.39 is 0 Å². The summed E-state index contributed by atoms with van der Waals surface area (Å²) in [5, 5.41) is 11.4. The van der Waals surface area contributed by atoms with Gasteiger partial charge in [-0.05, 0) is 30.3 Å². The average molecular weight is 439 g/mol. The average Bonchev–Trinajstić information content (AvgIpc) is 3.51. The van der Waals surface area contributed by atoms with Gasteiger partial charge in [0.2, 0.25) is 0 Å². The molecule has 1 aliphatic rings. The lowest BCUT2D eigenvalue weighted by atomic mass is 10.1. The van der Waals surface area contributed by atoms with E-state index >= 15 is 0 Å². The molecule has 0 unspecified atom stereocenters. The smallest absolute Gasteiger partial charge is 0.255 e. The maximum absolute atomic E-state index is 13.0. The highest BCUT2D eigenvalue weighted by Gasteiger charge is 2.15. The molecule has 0 aromatic carbocycles. The molecule has 1 aliphatic heterocycles. The molecule has 0 radical (unpaired) electrons. The molecule has 6 rings (SSSR count). The van der Waals surface area contributed by atoms with Gasteiger partial charge in [-0.1, -0.05) is 0 Å². The van der Waals surface area contributed by atoms with Crippen LogP contribution >= 0.6 is 0 Å². The summed E-state index contributed by atoms with van der Waals surface area (Å²) in [4.78, 5) is 31.5. The number of piperazine rings is 1. The van der Waals surface area contributed by atoms with Gasteiger partial charge < -0.3 is 20.5 Å². The van der Waals surface area contributed by atoms with Gasteiger partial charge in [0.1, 0.15) is 17.8 Å². The van der Waals surface area contributed by atoms with E-state index in [2.05, 4.69) is 40.6 Å². The number of nitrogens with zero attached hydrogens (tertiary/aromatic N) is 6. The number of pyridine rings is 3. The second kappa shape index (κ2) is 7.99. The van der Waals surface area contributed by atoms with Crippen molar-refractivity contribution in [2.75, 3.05) is 36.4 Å². The number of carbonyl (C=O) groups excluding carboxylic acids is 1. The SMILES string of the molecule is O=C(Nc1cnc2[nH]cc(-c3ccc4ncnn4c3)c2c1)c1ccnc(N2CCNCC2)c1. The van der Waals surface area contributed by atoms with Gasteiger partial charge in [-0.2, -0.15) is 5.10 Å². The molecule has 3 N–H and O–H groups in total. The van der Waals surface area contributed by atoms with E-state index in [1.165, 1.54) is 6.33 Å². The normalized spacial score (nSPS) is 14.1. The topological polar surface area (TPSA) is 116 Å². The Hall–Kier alpha value is -4.31. The molecule has 164 valence electrons. The highest BCUT2D eigenvalue weighted by atomic mass is 16.1. The number of nitrogens with one attached hydrogen (secondary N) is 3. The van der Waals surface area contributed by atoms with E-state index in [-0.39, 0.29) is 5.91 Å². The van der Waals surface area contributed by atoms with Crippen molar-refractivity contribution in [1.29, 1.82) is 0 Å². The fourth-order valence-electron chi connectivity index (χ4n) is 4.12. The number of hydrogen-bond acceptors (Lipinski definition) is 7. The molecule has 0 spiro atoms. The first-order chi connectivity index (χ1) is 16.2. The molecule has 5 aromatic rings. The Morgan fingerprint density at radius 1 is 1.06 bits per heavy atom. The van der Waals surface area contributed by atoms with Crippen molar-refractivity contribution in [2.24, 2.45) is 0 Å². The summed E-state index contributed by atoms with van der Waals surface area (Å²) < 4.78 is 1.73. The van der Waals surface area contributed by atoms with E-state index in [0.29, 0.717) is 11.3 Å². The van der Waals surface area contributed by atoms with Gasteiger partial charge in [-0.3, -0.25) is 4.79 Å². The van der Waals surface area contributed by atoms with Gasteiger partial charge >= 0.3 is 0 Å². The zero-order valence-electron chi connectivity index (χ0n) is 17.7. The zero-order valence-corrected chi connectivity index (χ0v) is 17.7. The van der Waals surface area contributed by atoms with Gasteiger partial charge in [0.15, 0.2) is 5.65 Å². The summed E-state index contributed by atoms with van der Waals surface area (Å²) in [6.45, 7) is 3.56. The quantitative estimate of drug-likeness (QED) is 0.394. The Morgan fingerprint density at radius 2 is 1.97 bits per heavy atom. The molecule has 0 aliphatic carbocycles. The van der Waals surface area contributed by atoms with Gasteiger partial charge in [0.05, 0.1) is 11.9 Å². The van der Waals surface area contributed by atoms with Crippen LogP contribution in [0.2, 0.25) is 0 Å². The third-order valence-electron chi connectivity index (χ3n) is 5.82. The minimum Gasteiger partial charge on any atom is -0.354 e. The van der Waals surface area contributed by atoms with E-state index in [4.69, 9.17) is 0 Å². The summed E-state index contributed by atoms with van der Waals surface area (Å²) >= 11 is 0. The van der Waals surface area contributed by atoms with Crippen molar-refractivity contribution in [1.82, 2.24) is 34.9 Å². The number of amides is 1. The lowest BCUT2D eigenvalue weighted by molar-refractivity contribution is 0.102.